The number of halogens is 3. The number of aromatic hydroxyl groups is 1. The normalized spacial score (nSPS) is 11.2. The van der Waals surface area contributed by atoms with Gasteiger partial charge in [0, 0.05) is 17.3 Å². The second kappa shape index (κ2) is 8.07. The Morgan fingerprint density at radius 3 is 2.42 bits per heavy atom. The molecule has 0 radical (unpaired) electrons. The van der Waals surface area contributed by atoms with Crippen LogP contribution in [0.5, 0.6) is 17.4 Å². The van der Waals surface area contributed by atoms with E-state index in [1.807, 2.05) is 6.07 Å². The van der Waals surface area contributed by atoms with E-state index in [0.29, 0.717) is 28.1 Å². The summed E-state index contributed by atoms with van der Waals surface area (Å²) in [6.07, 6.45) is 0. The van der Waals surface area contributed by atoms with Crippen LogP contribution in [0.25, 0.3) is 22.2 Å². The highest BCUT2D eigenvalue weighted by Crippen LogP contribution is 2.39. The average Bonchev–Trinajstić information content (AvgIpc) is 2.99. The maximum absolute atomic E-state index is 14.3. The first-order valence-electron chi connectivity index (χ1n) is 9.39. The maximum atomic E-state index is 14.3. The lowest BCUT2D eigenvalue weighted by atomic mass is 10.1. The summed E-state index contributed by atoms with van der Waals surface area (Å²) >= 11 is 6.41. The van der Waals surface area contributed by atoms with Crippen molar-refractivity contribution in [2.24, 2.45) is 0 Å². The third-order valence-electron chi connectivity index (χ3n) is 5.24. The van der Waals surface area contributed by atoms with Crippen molar-refractivity contribution in [2.75, 3.05) is 14.2 Å². The van der Waals surface area contributed by atoms with Crippen molar-refractivity contribution in [2.45, 2.75) is 13.5 Å². The highest BCUT2D eigenvalue weighted by molar-refractivity contribution is 6.36. The number of hydrogen-bond donors (Lipinski definition) is 1. The molecule has 0 aliphatic rings. The molecule has 0 atom stereocenters. The summed E-state index contributed by atoms with van der Waals surface area (Å²) < 4.78 is 40.9. The highest BCUT2D eigenvalue weighted by atomic mass is 35.5. The summed E-state index contributed by atoms with van der Waals surface area (Å²) in [6, 6.07) is 10.3. The van der Waals surface area contributed by atoms with E-state index >= 15 is 0 Å². The molecule has 0 bridgehead atoms. The third kappa shape index (κ3) is 3.55. The van der Waals surface area contributed by atoms with Crippen LogP contribution < -0.4 is 9.47 Å². The van der Waals surface area contributed by atoms with Gasteiger partial charge in [-0.25, -0.2) is 13.8 Å². The molecule has 2 heterocycles. The van der Waals surface area contributed by atoms with E-state index in [4.69, 9.17) is 21.1 Å². The van der Waals surface area contributed by atoms with Gasteiger partial charge in [-0.1, -0.05) is 17.7 Å². The van der Waals surface area contributed by atoms with E-state index in [1.54, 1.807) is 37.8 Å². The van der Waals surface area contributed by atoms with Crippen molar-refractivity contribution in [3.8, 4) is 28.6 Å². The molecule has 0 saturated heterocycles. The first-order valence-corrected chi connectivity index (χ1v) is 9.77. The lowest BCUT2D eigenvalue weighted by Crippen LogP contribution is -2.03. The molecule has 0 fully saturated rings. The number of benzene rings is 2. The summed E-state index contributed by atoms with van der Waals surface area (Å²) in [5.41, 5.74) is 1.52. The Labute approximate surface area is 182 Å². The predicted molar refractivity (Wildman–Crippen MR) is 115 cm³/mol. The lowest BCUT2D eigenvalue weighted by molar-refractivity contribution is 0.387. The van der Waals surface area contributed by atoms with Crippen LogP contribution in [0.2, 0.25) is 5.02 Å². The van der Waals surface area contributed by atoms with Crippen molar-refractivity contribution in [1.29, 1.82) is 0 Å². The zero-order chi connectivity index (χ0) is 22.3. The molecule has 0 aliphatic carbocycles. The minimum Gasteiger partial charge on any atom is -0.497 e. The van der Waals surface area contributed by atoms with Crippen LogP contribution in [0.4, 0.5) is 8.78 Å². The fourth-order valence-corrected chi connectivity index (χ4v) is 3.90. The molecule has 2 aromatic carbocycles. The zero-order valence-corrected chi connectivity index (χ0v) is 17.8. The molecular formula is C23H19ClF2N2O3. The summed E-state index contributed by atoms with van der Waals surface area (Å²) in [6.45, 7) is 2.02. The fourth-order valence-electron chi connectivity index (χ4n) is 3.63. The first kappa shape index (κ1) is 20.9. The van der Waals surface area contributed by atoms with Crippen molar-refractivity contribution in [3.63, 3.8) is 0 Å². The monoisotopic (exact) mass is 444 g/mol. The van der Waals surface area contributed by atoms with Crippen molar-refractivity contribution in [3.05, 3.63) is 70.4 Å². The van der Waals surface area contributed by atoms with Crippen molar-refractivity contribution in [1.82, 2.24) is 9.55 Å². The van der Waals surface area contributed by atoms with Gasteiger partial charge in [0.2, 0.25) is 5.88 Å². The van der Waals surface area contributed by atoms with Gasteiger partial charge in [-0.05, 0) is 37.3 Å². The molecule has 31 heavy (non-hydrogen) atoms. The smallest absolute Gasteiger partial charge is 0.202 e. The standard InChI is InChI=1S/C23H19ClF2N2O3/c1-12-22-20(15(24)10-18(27-22)21-16(25)5-4-6-17(21)26)23(29)28(12)11-13-7-8-14(30-2)9-19(13)31-3/h4-10,29H,11H2,1-3H3. The largest absolute Gasteiger partial charge is 0.497 e. The van der Waals surface area contributed by atoms with Gasteiger partial charge in [-0.2, -0.15) is 0 Å². The molecule has 0 aliphatic heterocycles. The Morgan fingerprint density at radius 1 is 1.06 bits per heavy atom. The first-order chi connectivity index (χ1) is 14.8. The average molecular weight is 445 g/mol. The van der Waals surface area contributed by atoms with Gasteiger partial charge in [0.15, 0.2) is 0 Å². The van der Waals surface area contributed by atoms with E-state index in [1.165, 1.54) is 12.1 Å². The molecule has 160 valence electrons. The second-order valence-corrected chi connectivity index (χ2v) is 7.39. The highest BCUT2D eigenvalue weighted by Gasteiger charge is 2.22. The van der Waals surface area contributed by atoms with Gasteiger partial charge in [0.1, 0.15) is 23.1 Å². The summed E-state index contributed by atoms with van der Waals surface area (Å²) in [4.78, 5) is 4.42. The van der Waals surface area contributed by atoms with E-state index in [-0.39, 0.29) is 28.7 Å². The number of hydrogen-bond acceptors (Lipinski definition) is 4. The quantitative estimate of drug-likeness (QED) is 0.428. The molecule has 4 rings (SSSR count). The Hall–Kier alpha value is -3.32. The van der Waals surface area contributed by atoms with E-state index in [2.05, 4.69) is 4.98 Å². The molecule has 0 saturated carbocycles. The van der Waals surface area contributed by atoms with Gasteiger partial charge >= 0.3 is 0 Å². The van der Waals surface area contributed by atoms with E-state index in [0.717, 1.165) is 17.7 Å². The second-order valence-electron chi connectivity index (χ2n) is 6.98. The number of pyridine rings is 1. The summed E-state index contributed by atoms with van der Waals surface area (Å²) in [5, 5.41) is 11.3. The van der Waals surface area contributed by atoms with E-state index in [9.17, 15) is 13.9 Å². The molecule has 0 spiro atoms. The number of aromatic nitrogens is 2. The number of fused-ring (bicyclic) bond motifs is 1. The Bertz CT molecular complexity index is 1280. The van der Waals surface area contributed by atoms with Crippen molar-refractivity contribution >= 4 is 22.5 Å². The molecule has 2 aromatic heterocycles. The van der Waals surface area contributed by atoms with Gasteiger partial charge in [-0.15, -0.1) is 0 Å². The van der Waals surface area contributed by atoms with Crippen LogP contribution >= 0.6 is 11.6 Å². The molecule has 1 N–H and O–H groups in total. The number of nitrogens with zero attached hydrogens (tertiary/aromatic N) is 2. The number of ether oxygens (including phenoxy) is 2. The Morgan fingerprint density at radius 2 is 1.77 bits per heavy atom. The molecule has 0 unspecified atom stereocenters. The van der Waals surface area contributed by atoms with Gasteiger partial charge in [0.05, 0.1) is 47.9 Å². The topological polar surface area (TPSA) is 56.5 Å². The molecule has 8 heteroatoms. The SMILES string of the molecule is COc1ccc(Cn2c(C)c3nc(-c4c(F)cccc4F)cc(Cl)c3c2O)c(OC)c1. The summed E-state index contributed by atoms with van der Waals surface area (Å²) in [7, 11) is 3.11. The fraction of sp³-hybridized carbons (Fsp3) is 0.174. The van der Waals surface area contributed by atoms with Crippen LogP contribution in [-0.4, -0.2) is 28.9 Å². The zero-order valence-electron chi connectivity index (χ0n) is 17.0. The lowest BCUT2D eigenvalue weighted by Gasteiger charge is -2.13. The number of methoxy groups -OCH3 is 2. The Kier molecular flexibility index (Phi) is 5.45. The molecule has 5 nitrogen and oxygen atoms in total. The van der Waals surface area contributed by atoms with Crippen LogP contribution in [0.15, 0.2) is 42.5 Å². The van der Waals surface area contributed by atoms with Crippen LogP contribution in [0, 0.1) is 18.6 Å². The predicted octanol–water partition coefficient (Wildman–Crippen LogP) is 5.71. The molecule has 4 aromatic rings. The van der Waals surface area contributed by atoms with Gasteiger partial charge in [-0.3, -0.25) is 0 Å². The van der Waals surface area contributed by atoms with Crippen LogP contribution in [0.3, 0.4) is 0 Å². The van der Waals surface area contributed by atoms with Crippen LogP contribution in [0.1, 0.15) is 11.3 Å². The summed E-state index contributed by atoms with van der Waals surface area (Å²) in [5.74, 6) is -0.354. The molecular weight excluding hydrogens is 426 g/mol. The minimum atomic E-state index is -0.743. The minimum absolute atomic E-state index is 0.0513. The number of rotatable bonds is 5. The van der Waals surface area contributed by atoms with Gasteiger partial charge in [0.25, 0.3) is 0 Å². The van der Waals surface area contributed by atoms with Crippen molar-refractivity contribution < 1.29 is 23.4 Å². The van der Waals surface area contributed by atoms with E-state index < -0.39 is 11.6 Å². The van der Waals surface area contributed by atoms with Crippen LogP contribution in [-0.2, 0) is 6.54 Å². The maximum Gasteiger partial charge on any atom is 0.202 e. The number of aryl methyl sites for hydroxylation is 1. The molecule has 0 amide bonds. The van der Waals surface area contributed by atoms with Gasteiger partial charge < -0.3 is 19.1 Å². The third-order valence-corrected chi connectivity index (χ3v) is 5.54. The Balaban J connectivity index is 1.87.